The van der Waals surface area contributed by atoms with Gasteiger partial charge in [-0.2, -0.15) is 4.31 Å². The van der Waals surface area contributed by atoms with Crippen LogP contribution in [0.1, 0.15) is 41.6 Å². The van der Waals surface area contributed by atoms with Crippen molar-refractivity contribution in [3.05, 3.63) is 59.7 Å². The zero-order chi connectivity index (χ0) is 24.6. The fourth-order valence-electron chi connectivity index (χ4n) is 3.61. The van der Waals surface area contributed by atoms with Gasteiger partial charge in [0.15, 0.2) is 6.61 Å². The molecular weight excluding hydrogens is 460 g/mol. The van der Waals surface area contributed by atoms with E-state index < -0.39 is 34.5 Å². The van der Waals surface area contributed by atoms with Gasteiger partial charge in [-0.05, 0) is 49.1 Å². The largest absolute Gasteiger partial charge is 0.465 e. The van der Waals surface area contributed by atoms with Gasteiger partial charge in [0.25, 0.3) is 5.91 Å². The molecule has 0 bridgehead atoms. The van der Waals surface area contributed by atoms with E-state index in [9.17, 15) is 22.8 Å². The topological polar surface area (TPSA) is 119 Å². The number of amides is 1. The molecule has 0 atom stereocenters. The Kier molecular flexibility index (Phi) is 8.78. The van der Waals surface area contributed by atoms with Crippen LogP contribution in [0.2, 0.25) is 0 Å². The van der Waals surface area contributed by atoms with Gasteiger partial charge in [0.2, 0.25) is 10.0 Å². The number of rotatable bonds is 9. The van der Waals surface area contributed by atoms with Crippen molar-refractivity contribution in [3.63, 3.8) is 0 Å². The quantitative estimate of drug-likeness (QED) is 0.539. The van der Waals surface area contributed by atoms with E-state index in [0.717, 1.165) is 24.8 Å². The standard InChI is InChI=1S/C24H28N2O7S/c1-32-24(29)20-7-3-4-8-21(20)25-22(27)17-33-23(28)14-11-18-9-12-19(13-10-18)34(30,31)26-15-5-2-6-16-26/h3-4,7-10,12-13H,2,5-6,11,14-17H2,1H3,(H,25,27). The van der Waals surface area contributed by atoms with Gasteiger partial charge in [-0.1, -0.05) is 30.7 Å². The number of hydrogen-bond donors (Lipinski definition) is 1. The van der Waals surface area contributed by atoms with E-state index in [4.69, 9.17) is 4.74 Å². The number of sulfonamides is 1. The Bertz CT molecular complexity index is 1120. The first-order valence-electron chi connectivity index (χ1n) is 11.0. The molecule has 3 rings (SSSR count). The maximum Gasteiger partial charge on any atom is 0.339 e. The summed E-state index contributed by atoms with van der Waals surface area (Å²) >= 11 is 0. The number of carbonyl (C=O) groups excluding carboxylic acids is 3. The number of para-hydroxylation sites is 1. The normalized spacial score (nSPS) is 14.3. The third-order valence-corrected chi connectivity index (χ3v) is 7.38. The van der Waals surface area contributed by atoms with Crippen LogP contribution in [0.25, 0.3) is 0 Å². The first-order valence-corrected chi connectivity index (χ1v) is 12.5. The fourth-order valence-corrected chi connectivity index (χ4v) is 5.13. The molecule has 9 nitrogen and oxygen atoms in total. The molecule has 10 heteroatoms. The average molecular weight is 489 g/mol. The first-order chi connectivity index (χ1) is 16.3. The lowest BCUT2D eigenvalue weighted by Crippen LogP contribution is -2.35. The molecule has 1 N–H and O–H groups in total. The Morgan fingerprint density at radius 3 is 2.32 bits per heavy atom. The van der Waals surface area contributed by atoms with E-state index in [2.05, 4.69) is 10.1 Å². The lowest BCUT2D eigenvalue weighted by atomic mass is 10.1. The minimum atomic E-state index is -3.50. The van der Waals surface area contributed by atoms with Gasteiger partial charge in [0.1, 0.15) is 0 Å². The Morgan fingerprint density at radius 1 is 0.971 bits per heavy atom. The van der Waals surface area contributed by atoms with Crippen molar-refractivity contribution in [1.82, 2.24) is 4.31 Å². The number of benzene rings is 2. The van der Waals surface area contributed by atoms with E-state index in [-0.39, 0.29) is 22.6 Å². The molecule has 2 aromatic carbocycles. The van der Waals surface area contributed by atoms with E-state index in [1.807, 2.05) is 0 Å². The van der Waals surface area contributed by atoms with E-state index in [1.54, 1.807) is 42.5 Å². The number of hydrogen-bond acceptors (Lipinski definition) is 7. The Balaban J connectivity index is 1.46. The Morgan fingerprint density at radius 2 is 1.65 bits per heavy atom. The third-order valence-electron chi connectivity index (χ3n) is 5.46. The molecule has 1 aliphatic heterocycles. The van der Waals surface area contributed by atoms with Gasteiger partial charge in [-0.25, -0.2) is 13.2 Å². The van der Waals surface area contributed by atoms with Crippen LogP contribution in [0.5, 0.6) is 0 Å². The number of piperidine rings is 1. The van der Waals surface area contributed by atoms with E-state index >= 15 is 0 Å². The number of ether oxygens (including phenoxy) is 2. The van der Waals surface area contributed by atoms with Crippen LogP contribution in [-0.2, 0) is 35.5 Å². The van der Waals surface area contributed by atoms with Crippen molar-refractivity contribution in [1.29, 1.82) is 0 Å². The SMILES string of the molecule is COC(=O)c1ccccc1NC(=O)COC(=O)CCc1ccc(S(=O)(=O)N2CCCCC2)cc1. The van der Waals surface area contributed by atoms with Crippen molar-refractivity contribution < 1.29 is 32.3 Å². The zero-order valence-electron chi connectivity index (χ0n) is 19.0. The highest BCUT2D eigenvalue weighted by Crippen LogP contribution is 2.21. The maximum atomic E-state index is 12.7. The van der Waals surface area contributed by atoms with Crippen LogP contribution < -0.4 is 5.32 Å². The molecule has 0 saturated carbocycles. The molecule has 1 aliphatic rings. The highest BCUT2D eigenvalue weighted by Gasteiger charge is 2.25. The molecule has 0 radical (unpaired) electrons. The van der Waals surface area contributed by atoms with Gasteiger partial charge in [-0.3, -0.25) is 9.59 Å². The number of nitrogens with one attached hydrogen (secondary N) is 1. The zero-order valence-corrected chi connectivity index (χ0v) is 19.8. The highest BCUT2D eigenvalue weighted by atomic mass is 32.2. The second-order valence-corrected chi connectivity index (χ2v) is 9.79. The van der Waals surface area contributed by atoms with Crippen molar-refractivity contribution >= 4 is 33.6 Å². The van der Waals surface area contributed by atoms with Crippen LogP contribution in [0, 0.1) is 0 Å². The molecule has 2 aromatic rings. The lowest BCUT2D eigenvalue weighted by molar-refractivity contribution is -0.147. The lowest BCUT2D eigenvalue weighted by Gasteiger charge is -2.25. The smallest absolute Gasteiger partial charge is 0.339 e. The molecule has 1 heterocycles. The predicted octanol–water partition coefficient (Wildman–Crippen LogP) is 2.76. The van der Waals surface area contributed by atoms with E-state index in [1.165, 1.54) is 17.5 Å². The minimum Gasteiger partial charge on any atom is -0.465 e. The molecule has 1 saturated heterocycles. The fraction of sp³-hybridized carbons (Fsp3) is 0.375. The van der Waals surface area contributed by atoms with Crippen LogP contribution in [0.15, 0.2) is 53.4 Å². The first kappa shape index (κ1) is 25.4. The third kappa shape index (κ3) is 6.64. The molecule has 34 heavy (non-hydrogen) atoms. The molecular formula is C24H28N2O7S. The number of anilines is 1. The summed E-state index contributed by atoms with van der Waals surface area (Å²) in [7, 11) is -2.26. The average Bonchev–Trinajstić information content (AvgIpc) is 2.87. The Labute approximate surface area is 199 Å². The van der Waals surface area contributed by atoms with Crippen molar-refractivity contribution in [3.8, 4) is 0 Å². The second kappa shape index (κ2) is 11.8. The van der Waals surface area contributed by atoms with Crippen molar-refractivity contribution in [2.75, 3.05) is 32.1 Å². The summed E-state index contributed by atoms with van der Waals surface area (Å²) in [6.45, 7) is 0.580. The van der Waals surface area contributed by atoms with Gasteiger partial charge >= 0.3 is 11.9 Å². The van der Waals surface area contributed by atoms with Crippen LogP contribution >= 0.6 is 0 Å². The predicted molar refractivity (Wildman–Crippen MR) is 125 cm³/mol. The number of methoxy groups -OCH3 is 1. The summed E-state index contributed by atoms with van der Waals surface area (Å²) in [5.74, 6) is -1.75. The summed E-state index contributed by atoms with van der Waals surface area (Å²) < 4.78 is 36.6. The van der Waals surface area contributed by atoms with Crippen molar-refractivity contribution in [2.45, 2.75) is 37.0 Å². The summed E-state index contributed by atoms with van der Waals surface area (Å²) in [5, 5.41) is 2.52. The van der Waals surface area contributed by atoms with Crippen LogP contribution in [0.4, 0.5) is 5.69 Å². The maximum absolute atomic E-state index is 12.7. The molecule has 0 unspecified atom stereocenters. The second-order valence-electron chi connectivity index (χ2n) is 7.85. The molecule has 0 spiro atoms. The number of carbonyl (C=O) groups is 3. The molecule has 182 valence electrons. The van der Waals surface area contributed by atoms with Crippen LogP contribution in [0.3, 0.4) is 0 Å². The van der Waals surface area contributed by atoms with Crippen LogP contribution in [-0.4, -0.2) is 57.4 Å². The summed E-state index contributed by atoms with van der Waals surface area (Å²) in [6.07, 6.45) is 3.16. The summed E-state index contributed by atoms with van der Waals surface area (Å²) in [5.41, 5.74) is 1.23. The molecule has 1 fully saturated rings. The molecule has 0 aliphatic carbocycles. The molecule has 1 amide bonds. The number of esters is 2. The minimum absolute atomic E-state index is 0.0320. The monoisotopic (exact) mass is 488 g/mol. The van der Waals surface area contributed by atoms with Gasteiger partial charge in [0.05, 0.1) is 23.3 Å². The van der Waals surface area contributed by atoms with Crippen molar-refractivity contribution in [2.24, 2.45) is 0 Å². The summed E-state index contributed by atoms with van der Waals surface area (Å²) in [6, 6.07) is 12.8. The van der Waals surface area contributed by atoms with E-state index in [0.29, 0.717) is 19.5 Å². The molecule has 0 aromatic heterocycles. The van der Waals surface area contributed by atoms with Gasteiger partial charge < -0.3 is 14.8 Å². The van der Waals surface area contributed by atoms with Gasteiger partial charge in [-0.15, -0.1) is 0 Å². The van der Waals surface area contributed by atoms with Gasteiger partial charge in [0, 0.05) is 19.5 Å². The number of aryl methyl sites for hydroxylation is 1. The highest BCUT2D eigenvalue weighted by molar-refractivity contribution is 7.89. The summed E-state index contributed by atoms with van der Waals surface area (Å²) in [4.78, 5) is 36.2. The number of nitrogens with zero attached hydrogens (tertiary/aromatic N) is 1. The Hall–Kier alpha value is -3.24.